The number of para-hydroxylation sites is 1. The third-order valence-corrected chi connectivity index (χ3v) is 4.53. The van der Waals surface area contributed by atoms with Crippen LogP contribution < -0.4 is 9.64 Å². The fourth-order valence-corrected chi connectivity index (χ4v) is 3.15. The molecule has 2 aromatic rings. The Balaban J connectivity index is 2.07. The van der Waals surface area contributed by atoms with E-state index in [2.05, 4.69) is 0 Å². The van der Waals surface area contributed by atoms with Crippen LogP contribution in [-0.2, 0) is 9.59 Å². The molecule has 0 saturated carbocycles. The number of anilines is 1. The molecule has 0 aliphatic carbocycles. The van der Waals surface area contributed by atoms with Gasteiger partial charge in [-0.15, -0.1) is 0 Å². The molecule has 0 radical (unpaired) electrons. The molecule has 0 unspecified atom stereocenters. The molecule has 0 N–H and O–H groups in total. The highest BCUT2D eigenvalue weighted by molar-refractivity contribution is 6.36. The normalized spacial score (nSPS) is 14.1. The number of rotatable bonds is 7. The molecular weight excluding hydrogens is 340 g/mol. The number of ether oxygens (including phenoxy) is 1. The van der Waals surface area contributed by atoms with Gasteiger partial charge in [0, 0.05) is 19.3 Å². The highest BCUT2D eigenvalue weighted by Crippen LogP contribution is 2.34. The number of nitrogens with zero attached hydrogens (tertiary/aromatic N) is 2. The molecule has 0 aromatic heterocycles. The molecule has 1 aliphatic rings. The first-order chi connectivity index (χ1) is 13.1. The van der Waals surface area contributed by atoms with Crippen LogP contribution in [0.3, 0.4) is 0 Å². The third kappa shape index (κ3) is 3.58. The minimum atomic E-state index is -0.286. The lowest BCUT2D eigenvalue weighted by Crippen LogP contribution is -2.32. The van der Waals surface area contributed by atoms with Crippen molar-refractivity contribution in [2.45, 2.75) is 20.3 Å². The van der Waals surface area contributed by atoms with Crippen molar-refractivity contribution in [2.75, 3.05) is 25.1 Å². The molecule has 3 rings (SSSR count). The summed E-state index contributed by atoms with van der Waals surface area (Å²) in [5.74, 6) is 0.182. The van der Waals surface area contributed by atoms with Crippen molar-refractivity contribution in [2.24, 2.45) is 0 Å². The molecule has 0 atom stereocenters. The number of hydrogen-bond donors (Lipinski definition) is 0. The number of carbonyl (C=O) groups is 2. The van der Waals surface area contributed by atoms with Crippen LogP contribution in [0.2, 0.25) is 0 Å². The number of hydrogen-bond acceptors (Lipinski definition) is 4. The van der Waals surface area contributed by atoms with E-state index in [1.165, 1.54) is 11.9 Å². The first-order valence-electron chi connectivity index (χ1n) is 9.21. The van der Waals surface area contributed by atoms with Crippen molar-refractivity contribution in [1.29, 1.82) is 0 Å². The topological polar surface area (TPSA) is 49.9 Å². The van der Waals surface area contributed by atoms with Crippen LogP contribution in [0.1, 0.15) is 25.8 Å². The Bertz CT molecular complexity index is 857. The molecule has 27 heavy (non-hydrogen) atoms. The second-order valence-electron chi connectivity index (χ2n) is 6.35. The van der Waals surface area contributed by atoms with Crippen LogP contribution in [0, 0.1) is 0 Å². The van der Waals surface area contributed by atoms with E-state index in [0.29, 0.717) is 30.0 Å². The molecule has 0 saturated heterocycles. The predicted molar refractivity (Wildman–Crippen MR) is 106 cm³/mol. The van der Waals surface area contributed by atoms with Crippen LogP contribution >= 0.6 is 0 Å². The zero-order chi connectivity index (χ0) is 19.4. The van der Waals surface area contributed by atoms with Crippen LogP contribution in [0.4, 0.5) is 5.69 Å². The van der Waals surface area contributed by atoms with E-state index in [1.54, 1.807) is 0 Å². The van der Waals surface area contributed by atoms with Crippen molar-refractivity contribution < 1.29 is 14.3 Å². The zero-order valence-electron chi connectivity index (χ0n) is 15.9. The summed E-state index contributed by atoms with van der Waals surface area (Å²) in [6.07, 6.45) is 0.928. The van der Waals surface area contributed by atoms with Crippen LogP contribution in [0.25, 0.3) is 5.57 Å². The maximum absolute atomic E-state index is 12.9. The van der Waals surface area contributed by atoms with Crippen LogP contribution in [0.5, 0.6) is 5.75 Å². The average Bonchev–Trinajstić information content (AvgIpc) is 2.93. The molecule has 1 aliphatic heterocycles. The smallest absolute Gasteiger partial charge is 0.277 e. The first kappa shape index (κ1) is 18.7. The SMILES string of the molecule is CCCOc1ccc(C2=C(N(CC)c3ccccc3)C(=O)N(C)C2=O)cc1. The average molecular weight is 364 g/mol. The lowest BCUT2D eigenvalue weighted by molar-refractivity contribution is -0.135. The number of carbonyl (C=O) groups excluding carboxylic acids is 2. The van der Waals surface area contributed by atoms with Crippen molar-refractivity contribution in [1.82, 2.24) is 4.90 Å². The molecular formula is C22H24N2O3. The van der Waals surface area contributed by atoms with Crippen molar-refractivity contribution >= 4 is 23.1 Å². The quantitative estimate of drug-likeness (QED) is 0.703. The van der Waals surface area contributed by atoms with Crippen molar-refractivity contribution in [3.63, 3.8) is 0 Å². The van der Waals surface area contributed by atoms with Gasteiger partial charge >= 0.3 is 0 Å². The summed E-state index contributed by atoms with van der Waals surface area (Å²) in [5, 5.41) is 0. The third-order valence-electron chi connectivity index (χ3n) is 4.53. The molecule has 140 valence electrons. The lowest BCUT2D eigenvalue weighted by Gasteiger charge is -2.24. The van der Waals surface area contributed by atoms with Gasteiger partial charge in [0.05, 0.1) is 12.2 Å². The number of likely N-dealkylation sites (N-methyl/N-ethyl adjacent to an activating group) is 2. The van der Waals surface area contributed by atoms with E-state index in [0.717, 1.165) is 17.9 Å². The van der Waals surface area contributed by atoms with Crippen LogP contribution in [0.15, 0.2) is 60.3 Å². The molecule has 5 nitrogen and oxygen atoms in total. The van der Waals surface area contributed by atoms with E-state index >= 15 is 0 Å². The Labute approximate surface area is 159 Å². The molecule has 0 bridgehead atoms. The fourth-order valence-electron chi connectivity index (χ4n) is 3.15. The van der Waals surface area contributed by atoms with Gasteiger partial charge in [0.2, 0.25) is 0 Å². The monoisotopic (exact) mass is 364 g/mol. The minimum absolute atomic E-state index is 0.285. The lowest BCUT2D eigenvalue weighted by atomic mass is 10.0. The van der Waals surface area contributed by atoms with Gasteiger partial charge in [0.15, 0.2) is 0 Å². The summed E-state index contributed by atoms with van der Waals surface area (Å²) >= 11 is 0. The van der Waals surface area contributed by atoms with Gasteiger partial charge < -0.3 is 9.64 Å². The summed E-state index contributed by atoms with van der Waals surface area (Å²) < 4.78 is 5.62. The van der Waals surface area contributed by atoms with Gasteiger partial charge in [0.25, 0.3) is 11.8 Å². The summed E-state index contributed by atoms with van der Waals surface area (Å²) in [5.41, 5.74) is 2.44. The summed E-state index contributed by atoms with van der Waals surface area (Å²) in [7, 11) is 1.52. The van der Waals surface area contributed by atoms with E-state index in [1.807, 2.05) is 73.3 Å². The van der Waals surface area contributed by atoms with Gasteiger partial charge in [0.1, 0.15) is 11.4 Å². The summed E-state index contributed by atoms with van der Waals surface area (Å²) in [4.78, 5) is 28.8. The molecule has 1 heterocycles. The highest BCUT2D eigenvalue weighted by Gasteiger charge is 2.39. The van der Waals surface area contributed by atoms with Gasteiger partial charge in [-0.2, -0.15) is 0 Å². The molecule has 5 heteroatoms. The first-order valence-corrected chi connectivity index (χ1v) is 9.21. The number of amides is 2. The van der Waals surface area contributed by atoms with Crippen LogP contribution in [-0.4, -0.2) is 36.9 Å². The van der Waals surface area contributed by atoms with Gasteiger partial charge in [-0.1, -0.05) is 37.3 Å². The number of benzene rings is 2. The summed E-state index contributed by atoms with van der Waals surface area (Å²) in [6.45, 7) is 5.24. The maximum Gasteiger partial charge on any atom is 0.277 e. The molecule has 0 fully saturated rings. The summed E-state index contributed by atoms with van der Waals surface area (Å²) in [6, 6.07) is 17.0. The standard InChI is InChI=1S/C22H24N2O3/c1-4-15-27-18-13-11-16(12-14-18)19-20(22(26)23(3)21(19)25)24(5-2)17-9-7-6-8-10-17/h6-14H,4-5,15H2,1-3H3. The molecule has 2 aromatic carbocycles. The van der Waals surface area contributed by atoms with Gasteiger partial charge in [-0.25, -0.2) is 0 Å². The number of imide groups is 1. The fraction of sp³-hybridized carbons (Fsp3) is 0.273. The minimum Gasteiger partial charge on any atom is -0.494 e. The Hall–Kier alpha value is -3.08. The Morgan fingerprint density at radius 3 is 2.19 bits per heavy atom. The van der Waals surface area contributed by atoms with E-state index in [-0.39, 0.29) is 11.8 Å². The highest BCUT2D eigenvalue weighted by atomic mass is 16.5. The largest absolute Gasteiger partial charge is 0.494 e. The zero-order valence-corrected chi connectivity index (χ0v) is 15.9. The van der Waals surface area contributed by atoms with Crippen molar-refractivity contribution in [3.05, 3.63) is 65.9 Å². The Kier molecular flexibility index (Phi) is 5.60. The van der Waals surface area contributed by atoms with Gasteiger partial charge in [-0.05, 0) is 43.2 Å². The van der Waals surface area contributed by atoms with E-state index in [9.17, 15) is 9.59 Å². The maximum atomic E-state index is 12.9. The van der Waals surface area contributed by atoms with E-state index < -0.39 is 0 Å². The molecule has 2 amide bonds. The van der Waals surface area contributed by atoms with E-state index in [4.69, 9.17) is 4.74 Å². The Morgan fingerprint density at radius 2 is 1.59 bits per heavy atom. The van der Waals surface area contributed by atoms with Gasteiger partial charge in [-0.3, -0.25) is 14.5 Å². The second-order valence-corrected chi connectivity index (χ2v) is 6.35. The van der Waals surface area contributed by atoms with Crippen molar-refractivity contribution in [3.8, 4) is 5.75 Å². The predicted octanol–water partition coefficient (Wildman–Crippen LogP) is 3.71. The second kappa shape index (κ2) is 8.08. The Morgan fingerprint density at radius 1 is 0.926 bits per heavy atom. The molecule has 0 spiro atoms.